The van der Waals surface area contributed by atoms with E-state index in [0.717, 1.165) is 26.9 Å². The number of hydrogen-bond donors (Lipinski definition) is 0. The number of fused-ring (bicyclic) bond motifs is 1. The summed E-state index contributed by atoms with van der Waals surface area (Å²) in [6.07, 6.45) is 0.676. The molecule has 4 nitrogen and oxygen atoms in total. The maximum atomic E-state index is 13.3. The average Bonchev–Trinajstić information content (AvgIpc) is 2.74. The molecule has 1 heterocycles. The number of halogens is 2. The van der Waals surface area contributed by atoms with Crippen LogP contribution in [0.4, 0.5) is 0 Å². The molecule has 0 spiro atoms. The highest BCUT2D eigenvalue weighted by molar-refractivity contribution is 9.10. The molecule has 6 heteroatoms. The van der Waals surface area contributed by atoms with Gasteiger partial charge < -0.3 is 4.74 Å². The molecule has 3 aromatic carbocycles. The molecule has 0 radical (unpaired) electrons. The van der Waals surface area contributed by atoms with Gasteiger partial charge in [-0.25, -0.2) is 4.98 Å². The van der Waals surface area contributed by atoms with Crippen LogP contribution in [-0.4, -0.2) is 16.2 Å². The van der Waals surface area contributed by atoms with Gasteiger partial charge in [-0.15, -0.1) is 0 Å². The van der Waals surface area contributed by atoms with E-state index in [1.807, 2.05) is 74.5 Å². The van der Waals surface area contributed by atoms with Crippen molar-refractivity contribution >= 4 is 38.4 Å². The van der Waals surface area contributed by atoms with Gasteiger partial charge in [0.25, 0.3) is 5.56 Å². The molecule has 0 fully saturated rings. The normalized spacial score (nSPS) is 11.1. The van der Waals surface area contributed by atoms with Crippen LogP contribution in [0, 0.1) is 13.8 Å². The minimum atomic E-state index is -0.0495. The number of nitrogens with zero attached hydrogens (tertiary/aromatic N) is 2. The van der Waals surface area contributed by atoms with Crippen LogP contribution in [0.25, 0.3) is 22.3 Å². The predicted molar refractivity (Wildman–Crippen MR) is 130 cm³/mol. The summed E-state index contributed by atoms with van der Waals surface area (Å²) in [7, 11) is 0. The Hall–Kier alpha value is -2.63. The first kappa shape index (κ1) is 21.6. The van der Waals surface area contributed by atoms with Crippen molar-refractivity contribution in [2.75, 3.05) is 6.61 Å². The fourth-order valence-corrected chi connectivity index (χ4v) is 4.53. The lowest BCUT2D eigenvalue weighted by Gasteiger charge is -2.16. The smallest absolute Gasteiger partial charge is 0.261 e. The summed E-state index contributed by atoms with van der Waals surface area (Å²) in [5.41, 5.74) is 3.65. The minimum absolute atomic E-state index is 0.0495. The predicted octanol–water partition coefficient (Wildman–Crippen LogP) is 6.57. The zero-order valence-corrected chi connectivity index (χ0v) is 19.7. The topological polar surface area (TPSA) is 44.1 Å². The van der Waals surface area contributed by atoms with Gasteiger partial charge in [0.2, 0.25) is 0 Å². The van der Waals surface area contributed by atoms with E-state index in [-0.39, 0.29) is 5.56 Å². The highest BCUT2D eigenvalue weighted by atomic mass is 79.9. The van der Waals surface area contributed by atoms with Gasteiger partial charge in [-0.2, -0.15) is 0 Å². The molecule has 0 aliphatic rings. The lowest BCUT2D eigenvalue weighted by Crippen LogP contribution is -2.24. The first-order chi connectivity index (χ1) is 14.9. The van der Waals surface area contributed by atoms with E-state index in [0.29, 0.717) is 41.3 Å². The monoisotopic (exact) mass is 496 g/mol. The Morgan fingerprint density at radius 2 is 1.71 bits per heavy atom. The molecular weight excluding hydrogens is 476 g/mol. The van der Waals surface area contributed by atoms with Crippen molar-refractivity contribution in [2.24, 2.45) is 0 Å². The molecule has 4 aromatic rings. The van der Waals surface area contributed by atoms with Crippen molar-refractivity contribution in [2.45, 2.75) is 26.8 Å². The van der Waals surface area contributed by atoms with E-state index < -0.39 is 0 Å². The third kappa shape index (κ3) is 4.68. The van der Waals surface area contributed by atoms with Gasteiger partial charge in [0.15, 0.2) is 0 Å². The Kier molecular flexibility index (Phi) is 6.44. The fraction of sp³-hybridized carbons (Fsp3) is 0.200. The van der Waals surface area contributed by atoms with E-state index in [4.69, 9.17) is 21.3 Å². The number of benzene rings is 3. The van der Waals surface area contributed by atoms with Crippen LogP contribution in [0.5, 0.6) is 5.75 Å². The quantitative estimate of drug-likeness (QED) is 0.283. The molecule has 0 N–H and O–H groups in total. The lowest BCUT2D eigenvalue weighted by atomic mass is 10.1. The molecule has 0 bridgehead atoms. The average molecular weight is 498 g/mol. The molecule has 0 aliphatic heterocycles. The zero-order valence-electron chi connectivity index (χ0n) is 17.4. The number of rotatable bonds is 6. The summed E-state index contributed by atoms with van der Waals surface area (Å²) in [4.78, 5) is 18.0. The molecule has 4 rings (SSSR count). The second kappa shape index (κ2) is 9.25. The van der Waals surface area contributed by atoms with E-state index in [9.17, 15) is 4.79 Å². The van der Waals surface area contributed by atoms with Crippen molar-refractivity contribution < 1.29 is 4.74 Å². The van der Waals surface area contributed by atoms with E-state index in [1.165, 1.54) is 0 Å². The zero-order chi connectivity index (χ0) is 22.0. The molecule has 0 saturated heterocycles. The standard InChI is InChI=1S/C25H22BrClN2O2/c1-16-14-19(26)15-17(2)23(16)31-13-5-12-29-24(18-8-10-20(27)11-9-18)28-22-7-4-3-6-21(22)25(29)30/h3-4,6-11,14-15H,5,12-13H2,1-2H3. The van der Waals surface area contributed by atoms with Crippen LogP contribution in [-0.2, 0) is 6.54 Å². The maximum Gasteiger partial charge on any atom is 0.261 e. The van der Waals surface area contributed by atoms with Gasteiger partial charge >= 0.3 is 0 Å². The number of para-hydroxylation sites is 1. The Morgan fingerprint density at radius 3 is 2.42 bits per heavy atom. The van der Waals surface area contributed by atoms with Gasteiger partial charge in [-0.1, -0.05) is 39.7 Å². The van der Waals surface area contributed by atoms with Gasteiger partial charge in [-0.3, -0.25) is 9.36 Å². The van der Waals surface area contributed by atoms with Crippen molar-refractivity contribution in [3.63, 3.8) is 0 Å². The Bertz CT molecular complexity index is 1280. The van der Waals surface area contributed by atoms with E-state index in [2.05, 4.69) is 15.9 Å². The molecular formula is C25H22BrClN2O2. The number of hydrogen-bond acceptors (Lipinski definition) is 3. The van der Waals surface area contributed by atoms with Crippen LogP contribution < -0.4 is 10.3 Å². The van der Waals surface area contributed by atoms with Crippen LogP contribution in [0.2, 0.25) is 5.02 Å². The van der Waals surface area contributed by atoms with Crippen molar-refractivity contribution in [3.05, 3.63) is 91.6 Å². The Balaban J connectivity index is 1.62. The van der Waals surface area contributed by atoms with Gasteiger partial charge in [0, 0.05) is 21.6 Å². The van der Waals surface area contributed by atoms with Crippen LogP contribution in [0.3, 0.4) is 0 Å². The first-order valence-electron chi connectivity index (χ1n) is 10.1. The molecule has 1 aromatic heterocycles. The molecule has 31 heavy (non-hydrogen) atoms. The highest BCUT2D eigenvalue weighted by Gasteiger charge is 2.13. The Labute approximate surface area is 194 Å². The van der Waals surface area contributed by atoms with Crippen LogP contribution >= 0.6 is 27.5 Å². The fourth-order valence-electron chi connectivity index (χ4n) is 3.72. The van der Waals surface area contributed by atoms with E-state index >= 15 is 0 Å². The summed E-state index contributed by atoms with van der Waals surface area (Å²) in [6.45, 7) is 5.07. The SMILES string of the molecule is Cc1cc(Br)cc(C)c1OCCCn1c(-c2ccc(Cl)cc2)nc2ccccc2c1=O. The van der Waals surface area contributed by atoms with Gasteiger partial charge in [0.1, 0.15) is 11.6 Å². The summed E-state index contributed by atoms with van der Waals surface area (Å²) >= 11 is 9.57. The third-order valence-corrected chi connectivity index (χ3v) is 5.87. The second-order valence-corrected chi connectivity index (χ2v) is 8.84. The van der Waals surface area contributed by atoms with Crippen LogP contribution in [0.1, 0.15) is 17.5 Å². The molecule has 0 saturated carbocycles. The minimum Gasteiger partial charge on any atom is -0.493 e. The Morgan fingerprint density at radius 1 is 1.03 bits per heavy atom. The molecule has 0 aliphatic carbocycles. The lowest BCUT2D eigenvalue weighted by molar-refractivity contribution is 0.297. The maximum absolute atomic E-state index is 13.3. The second-order valence-electron chi connectivity index (χ2n) is 7.49. The van der Waals surface area contributed by atoms with Gasteiger partial charge in [-0.05, 0) is 79.9 Å². The third-order valence-electron chi connectivity index (χ3n) is 5.16. The van der Waals surface area contributed by atoms with Crippen LogP contribution in [0.15, 0.2) is 69.9 Å². The molecule has 0 unspecified atom stereocenters. The van der Waals surface area contributed by atoms with Crippen molar-refractivity contribution in [1.82, 2.24) is 9.55 Å². The molecule has 0 amide bonds. The number of aromatic nitrogens is 2. The summed E-state index contributed by atoms with van der Waals surface area (Å²) in [6, 6.07) is 18.9. The van der Waals surface area contributed by atoms with Crippen molar-refractivity contribution in [1.29, 1.82) is 0 Å². The number of aryl methyl sites for hydroxylation is 2. The van der Waals surface area contributed by atoms with Gasteiger partial charge in [0.05, 0.1) is 17.5 Å². The largest absolute Gasteiger partial charge is 0.493 e. The summed E-state index contributed by atoms with van der Waals surface area (Å²) in [5.74, 6) is 1.53. The first-order valence-corrected chi connectivity index (χ1v) is 11.3. The van der Waals surface area contributed by atoms with E-state index in [1.54, 1.807) is 4.57 Å². The molecule has 0 atom stereocenters. The van der Waals surface area contributed by atoms with Crippen molar-refractivity contribution in [3.8, 4) is 17.1 Å². The summed E-state index contributed by atoms with van der Waals surface area (Å²) in [5, 5.41) is 1.26. The highest BCUT2D eigenvalue weighted by Crippen LogP contribution is 2.27. The number of ether oxygens (including phenoxy) is 1. The molecule has 158 valence electrons. The summed E-state index contributed by atoms with van der Waals surface area (Å²) < 4.78 is 8.83.